The summed E-state index contributed by atoms with van der Waals surface area (Å²) < 4.78 is 6.75. The van der Waals surface area contributed by atoms with Crippen LogP contribution >= 0.6 is 0 Å². The van der Waals surface area contributed by atoms with Crippen LogP contribution in [0.25, 0.3) is 0 Å². The molecular weight excluding hydrogens is 256 g/mol. The number of hydrogen-bond acceptors (Lipinski definition) is 4. The molecule has 3 rings (SSSR count). The summed E-state index contributed by atoms with van der Waals surface area (Å²) in [6.07, 6.45) is 2.38. The van der Waals surface area contributed by atoms with Crippen molar-refractivity contribution in [3.8, 4) is 0 Å². The summed E-state index contributed by atoms with van der Waals surface area (Å²) in [7, 11) is 0. The predicted octanol–water partition coefficient (Wildman–Crippen LogP) is 1.63. The first-order valence-corrected chi connectivity index (χ1v) is 6.80. The van der Waals surface area contributed by atoms with Gasteiger partial charge in [-0.3, -0.25) is 9.48 Å². The molecule has 20 heavy (non-hydrogen) atoms. The van der Waals surface area contributed by atoms with Gasteiger partial charge in [-0.15, -0.1) is 0 Å². The van der Waals surface area contributed by atoms with E-state index in [1.807, 2.05) is 31.7 Å². The minimum absolute atomic E-state index is 0.0862. The molecular formula is C14H18N4O2. The Bertz CT molecular complexity index is 643. The van der Waals surface area contributed by atoms with E-state index in [4.69, 9.17) is 4.52 Å². The van der Waals surface area contributed by atoms with Crippen LogP contribution in [0.2, 0.25) is 0 Å². The largest absolute Gasteiger partial charge is 0.364 e. The normalized spacial score (nSPS) is 16.1. The van der Waals surface area contributed by atoms with Gasteiger partial charge < -0.3 is 9.42 Å². The highest BCUT2D eigenvalue weighted by Crippen LogP contribution is 2.21. The molecule has 2 aromatic heterocycles. The lowest BCUT2D eigenvalue weighted by atomic mass is 10.1. The highest BCUT2D eigenvalue weighted by molar-refractivity contribution is 5.80. The van der Waals surface area contributed by atoms with Crippen molar-refractivity contribution in [1.82, 2.24) is 19.8 Å². The Balaban J connectivity index is 1.78. The van der Waals surface area contributed by atoms with Crippen molar-refractivity contribution in [2.45, 2.75) is 39.8 Å². The van der Waals surface area contributed by atoms with Gasteiger partial charge in [0.05, 0.1) is 17.9 Å². The van der Waals surface area contributed by atoms with E-state index in [1.165, 1.54) is 0 Å². The molecule has 2 aromatic rings. The summed E-state index contributed by atoms with van der Waals surface area (Å²) in [5.74, 6) is 0.0862. The number of nitrogens with zero attached hydrogens (tertiary/aromatic N) is 4. The molecule has 6 nitrogen and oxygen atoms in total. The van der Waals surface area contributed by atoms with Crippen LogP contribution in [0.4, 0.5) is 0 Å². The molecule has 0 aromatic carbocycles. The predicted molar refractivity (Wildman–Crippen MR) is 72.0 cm³/mol. The summed E-state index contributed by atoms with van der Waals surface area (Å²) >= 11 is 0. The zero-order valence-electron chi connectivity index (χ0n) is 12.0. The van der Waals surface area contributed by atoms with Crippen LogP contribution in [0.5, 0.6) is 0 Å². The molecule has 3 heterocycles. The summed E-state index contributed by atoms with van der Waals surface area (Å²) in [5.41, 5.74) is 3.91. The van der Waals surface area contributed by atoms with E-state index >= 15 is 0 Å². The Morgan fingerprint density at radius 3 is 2.95 bits per heavy atom. The quantitative estimate of drug-likeness (QED) is 0.835. The van der Waals surface area contributed by atoms with Crippen LogP contribution in [-0.2, 0) is 17.8 Å². The van der Waals surface area contributed by atoms with E-state index in [0.29, 0.717) is 13.1 Å². The fourth-order valence-electron chi connectivity index (χ4n) is 2.74. The van der Waals surface area contributed by atoms with Crippen molar-refractivity contribution in [1.29, 1.82) is 0 Å². The van der Waals surface area contributed by atoms with Crippen LogP contribution in [0.1, 0.15) is 35.6 Å². The standard InChI is InChI=1S/C14H18N4O2/c1-9-6-10(2)18(15-9)11(3)14(19)17-5-4-13-12(7-17)8-20-16-13/h6,8,11H,4-5,7H2,1-3H3. The summed E-state index contributed by atoms with van der Waals surface area (Å²) in [6.45, 7) is 7.05. The second kappa shape index (κ2) is 4.77. The van der Waals surface area contributed by atoms with Gasteiger partial charge in [0.25, 0.3) is 0 Å². The average molecular weight is 274 g/mol. The molecule has 106 valence electrons. The van der Waals surface area contributed by atoms with E-state index in [1.54, 1.807) is 10.9 Å². The fraction of sp³-hybridized carbons (Fsp3) is 0.500. The first-order valence-electron chi connectivity index (χ1n) is 6.80. The molecule has 0 bridgehead atoms. The smallest absolute Gasteiger partial charge is 0.247 e. The first kappa shape index (κ1) is 12.9. The van der Waals surface area contributed by atoms with E-state index < -0.39 is 0 Å². The zero-order chi connectivity index (χ0) is 14.3. The lowest BCUT2D eigenvalue weighted by molar-refractivity contribution is -0.135. The summed E-state index contributed by atoms with van der Waals surface area (Å²) in [5, 5.41) is 8.34. The van der Waals surface area contributed by atoms with E-state index in [2.05, 4.69) is 10.3 Å². The highest BCUT2D eigenvalue weighted by atomic mass is 16.5. The van der Waals surface area contributed by atoms with Crippen molar-refractivity contribution in [2.24, 2.45) is 0 Å². The third kappa shape index (κ3) is 2.11. The van der Waals surface area contributed by atoms with Gasteiger partial charge in [-0.2, -0.15) is 5.10 Å². The van der Waals surface area contributed by atoms with Gasteiger partial charge in [-0.25, -0.2) is 0 Å². The van der Waals surface area contributed by atoms with Crippen molar-refractivity contribution in [3.05, 3.63) is 35.0 Å². The lowest BCUT2D eigenvalue weighted by Gasteiger charge is -2.28. The second-order valence-electron chi connectivity index (χ2n) is 5.34. The second-order valence-corrected chi connectivity index (χ2v) is 5.34. The molecule has 1 atom stereocenters. The van der Waals surface area contributed by atoms with Gasteiger partial charge in [0.2, 0.25) is 5.91 Å². The topological polar surface area (TPSA) is 64.2 Å². The molecule has 6 heteroatoms. The highest BCUT2D eigenvalue weighted by Gasteiger charge is 2.28. The Morgan fingerprint density at radius 2 is 2.25 bits per heavy atom. The van der Waals surface area contributed by atoms with Crippen LogP contribution in [0, 0.1) is 13.8 Å². The zero-order valence-corrected chi connectivity index (χ0v) is 12.0. The number of aromatic nitrogens is 3. The van der Waals surface area contributed by atoms with Crippen molar-refractivity contribution >= 4 is 5.91 Å². The number of rotatable bonds is 2. The van der Waals surface area contributed by atoms with E-state index in [0.717, 1.165) is 29.1 Å². The molecule has 0 saturated heterocycles. The van der Waals surface area contributed by atoms with Crippen LogP contribution in [0.3, 0.4) is 0 Å². The SMILES string of the molecule is Cc1cc(C)n(C(C)C(=O)N2CCc3nocc3C2)n1. The maximum absolute atomic E-state index is 12.6. The molecule has 1 aliphatic rings. The maximum Gasteiger partial charge on any atom is 0.247 e. The molecule has 0 radical (unpaired) electrons. The van der Waals surface area contributed by atoms with Crippen LogP contribution < -0.4 is 0 Å². The molecule has 1 unspecified atom stereocenters. The number of carbonyl (C=O) groups is 1. The number of carbonyl (C=O) groups excluding carboxylic acids is 1. The van der Waals surface area contributed by atoms with Gasteiger partial charge in [0.15, 0.2) is 0 Å². The van der Waals surface area contributed by atoms with Gasteiger partial charge in [0.1, 0.15) is 12.3 Å². The Hall–Kier alpha value is -2.11. The fourth-order valence-corrected chi connectivity index (χ4v) is 2.74. The van der Waals surface area contributed by atoms with Gasteiger partial charge in [0, 0.05) is 24.2 Å². The third-order valence-corrected chi connectivity index (χ3v) is 3.79. The molecule has 1 amide bonds. The molecule has 0 aliphatic carbocycles. The monoisotopic (exact) mass is 274 g/mol. The van der Waals surface area contributed by atoms with Crippen LogP contribution in [-0.4, -0.2) is 32.3 Å². The number of fused-ring (bicyclic) bond motifs is 1. The van der Waals surface area contributed by atoms with Crippen LogP contribution in [0.15, 0.2) is 16.9 Å². The number of hydrogen-bond donors (Lipinski definition) is 0. The van der Waals surface area contributed by atoms with Crippen molar-refractivity contribution in [3.63, 3.8) is 0 Å². The van der Waals surface area contributed by atoms with E-state index in [-0.39, 0.29) is 11.9 Å². The lowest BCUT2D eigenvalue weighted by Crippen LogP contribution is -2.40. The molecule has 0 spiro atoms. The van der Waals surface area contributed by atoms with Gasteiger partial charge >= 0.3 is 0 Å². The first-order chi connectivity index (χ1) is 9.56. The molecule has 1 aliphatic heterocycles. The van der Waals surface area contributed by atoms with Crippen molar-refractivity contribution in [2.75, 3.05) is 6.54 Å². The Kier molecular flexibility index (Phi) is 3.08. The molecule has 0 fully saturated rings. The third-order valence-electron chi connectivity index (χ3n) is 3.79. The van der Waals surface area contributed by atoms with Gasteiger partial charge in [-0.05, 0) is 26.8 Å². The Labute approximate surface area is 117 Å². The van der Waals surface area contributed by atoms with Crippen molar-refractivity contribution < 1.29 is 9.32 Å². The van der Waals surface area contributed by atoms with E-state index in [9.17, 15) is 4.79 Å². The number of aryl methyl sites for hydroxylation is 2. The minimum atomic E-state index is -0.287. The summed E-state index contributed by atoms with van der Waals surface area (Å²) in [4.78, 5) is 14.5. The summed E-state index contributed by atoms with van der Waals surface area (Å²) in [6, 6.07) is 1.70. The number of amides is 1. The molecule has 0 N–H and O–H groups in total. The molecule has 0 saturated carbocycles. The average Bonchev–Trinajstić information content (AvgIpc) is 3.02. The minimum Gasteiger partial charge on any atom is -0.364 e. The maximum atomic E-state index is 12.6. The Morgan fingerprint density at radius 1 is 1.45 bits per heavy atom. The van der Waals surface area contributed by atoms with Gasteiger partial charge in [-0.1, -0.05) is 5.16 Å².